The van der Waals surface area contributed by atoms with Gasteiger partial charge in [0.15, 0.2) is 0 Å². The summed E-state index contributed by atoms with van der Waals surface area (Å²) >= 11 is 9.92. The van der Waals surface area contributed by atoms with Gasteiger partial charge in [-0.3, -0.25) is 0 Å². The lowest BCUT2D eigenvalue weighted by Gasteiger charge is -2.12. The van der Waals surface area contributed by atoms with E-state index >= 15 is 0 Å². The van der Waals surface area contributed by atoms with Gasteiger partial charge in [0, 0.05) is 11.4 Å². The highest BCUT2D eigenvalue weighted by Gasteiger charge is 2.10. The third-order valence-corrected chi connectivity index (χ3v) is 5.66. The normalized spacial score (nSPS) is 15.1. The SMILES string of the molecule is C=CCP(=S)(S)c1ccccc1. The molecule has 0 aliphatic carbocycles. The molecule has 0 saturated carbocycles. The summed E-state index contributed by atoms with van der Waals surface area (Å²) < 4.78 is 0. The quantitative estimate of drug-likeness (QED) is 0.458. The number of rotatable bonds is 3. The highest BCUT2D eigenvalue weighted by Crippen LogP contribution is 2.49. The molecule has 1 atom stereocenters. The first kappa shape index (κ1) is 10.0. The molecule has 0 aliphatic heterocycles. The van der Waals surface area contributed by atoms with Crippen molar-refractivity contribution in [3.8, 4) is 0 Å². The second kappa shape index (κ2) is 4.27. The van der Waals surface area contributed by atoms with Crippen molar-refractivity contribution in [2.75, 3.05) is 6.16 Å². The number of hydrogen-bond donors (Lipinski definition) is 1. The molecule has 1 rings (SSSR count). The Labute approximate surface area is 83.9 Å². The Bertz CT molecular complexity index is 306. The van der Waals surface area contributed by atoms with Crippen LogP contribution in [-0.4, -0.2) is 6.16 Å². The van der Waals surface area contributed by atoms with E-state index in [4.69, 9.17) is 11.8 Å². The summed E-state index contributed by atoms with van der Waals surface area (Å²) in [5.41, 5.74) is 0. The van der Waals surface area contributed by atoms with Gasteiger partial charge >= 0.3 is 0 Å². The fraction of sp³-hybridized carbons (Fsp3) is 0.111. The maximum absolute atomic E-state index is 5.41. The van der Waals surface area contributed by atoms with Crippen molar-refractivity contribution in [3.63, 3.8) is 0 Å². The van der Waals surface area contributed by atoms with Gasteiger partial charge in [0.25, 0.3) is 0 Å². The van der Waals surface area contributed by atoms with Crippen molar-refractivity contribution in [3.05, 3.63) is 43.0 Å². The summed E-state index contributed by atoms with van der Waals surface area (Å²) in [5, 5.41) is -0.466. The standard InChI is InChI=1S/C9H11PS2/c1-2-8-10(11,12)9-6-4-3-5-7-9/h2-7H,1,8H2,(H,11,12). The van der Waals surface area contributed by atoms with Gasteiger partial charge in [0.05, 0.1) is 0 Å². The molecule has 0 N–H and O–H groups in total. The van der Waals surface area contributed by atoms with Crippen LogP contribution >= 0.6 is 17.5 Å². The van der Waals surface area contributed by atoms with E-state index in [9.17, 15) is 0 Å². The average Bonchev–Trinajstić information content (AvgIpc) is 2.06. The van der Waals surface area contributed by atoms with Crippen molar-refractivity contribution in [1.82, 2.24) is 0 Å². The average molecular weight is 214 g/mol. The van der Waals surface area contributed by atoms with Gasteiger partial charge in [-0.05, 0) is 5.30 Å². The largest absolute Gasteiger partial charge is 0.137 e. The van der Waals surface area contributed by atoms with Crippen molar-refractivity contribution in [2.24, 2.45) is 0 Å². The van der Waals surface area contributed by atoms with Crippen LogP contribution < -0.4 is 5.30 Å². The molecule has 0 heterocycles. The Morgan fingerprint density at radius 2 is 2.00 bits per heavy atom. The summed E-state index contributed by atoms with van der Waals surface area (Å²) in [4.78, 5) is 0. The lowest BCUT2D eigenvalue weighted by molar-refractivity contribution is 1.74. The van der Waals surface area contributed by atoms with E-state index in [0.717, 1.165) is 6.16 Å². The van der Waals surface area contributed by atoms with Gasteiger partial charge in [-0.1, -0.05) is 48.2 Å². The zero-order chi connectivity index (χ0) is 9.03. The number of thiol groups is 1. The first-order valence-electron chi connectivity index (χ1n) is 3.65. The molecule has 0 bridgehead atoms. The molecule has 0 fully saturated rings. The molecule has 0 radical (unpaired) electrons. The predicted octanol–water partition coefficient (Wildman–Crippen LogP) is 2.82. The first-order chi connectivity index (χ1) is 5.67. The minimum atomic E-state index is -1.64. The maximum atomic E-state index is 5.41. The van der Waals surface area contributed by atoms with E-state index in [1.807, 2.05) is 36.4 Å². The van der Waals surface area contributed by atoms with Crippen molar-refractivity contribution in [2.45, 2.75) is 0 Å². The van der Waals surface area contributed by atoms with Gasteiger partial charge < -0.3 is 0 Å². The van der Waals surface area contributed by atoms with Crippen LogP contribution in [0.5, 0.6) is 0 Å². The minimum Gasteiger partial charge on any atom is -0.137 e. The molecule has 64 valence electrons. The predicted molar refractivity (Wildman–Crippen MR) is 64.4 cm³/mol. The van der Waals surface area contributed by atoms with Crippen LogP contribution in [0.1, 0.15) is 0 Å². The minimum absolute atomic E-state index is 0.815. The topological polar surface area (TPSA) is 0 Å². The van der Waals surface area contributed by atoms with Gasteiger partial charge in [-0.25, -0.2) is 0 Å². The fourth-order valence-corrected chi connectivity index (χ4v) is 3.57. The van der Waals surface area contributed by atoms with Gasteiger partial charge in [-0.2, -0.15) is 0 Å². The Hall–Kier alpha value is -0.0400. The summed E-state index contributed by atoms with van der Waals surface area (Å²) in [6, 6.07) is 10.1. The second-order valence-electron chi connectivity index (χ2n) is 2.51. The van der Waals surface area contributed by atoms with Crippen molar-refractivity contribution >= 4 is 34.6 Å². The van der Waals surface area contributed by atoms with E-state index in [2.05, 4.69) is 18.8 Å². The molecule has 0 saturated heterocycles. The third-order valence-electron chi connectivity index (χ3n) is 1.54. The van der Waals surface area contributed by atoms with Gasteiger partial charge in [-0.15, -0.1) is 18.8 Å². The van der Waals surface area contributed by atoms with E-state index < -0.39 is 5.24 Å². The molecule has 0 aliphatic rings. The highest BCUT2D eigenvalue weighted by molar-refractivity contribution is 8.66. The Morgan fingerprint density at radius 3 is 2.50 bits per heavy atom. The molecule has 0 amide bonds. The van der Waals surface area contributed by atoms with Gasteiger partial charge in [0.1, 0.15) is 0 Å². The molecular weight excluding hydrogens is 203 g/mol. The van der Waals surface area contributed by atoms with E-state index in [0.29, 0.717) is 0 Å². The monoisotopic (exact) mass is 214 g/mol. The summed E-state index contributed by atoms with van der Waals surface area (Å²) in [6.07, 6.45) is 2.66. The molecule has 1 aromatic carbocycles. The zero-order valence-electron chi connectivity index (χ0n) is 6.68. The molecule has 0 spiro atoms. The van der Waals surface area contributed by atoms with Crippen LogP contribution in [-0.2, 0) is 11.8 Å². The Kier molecular flexibility index (Phi) is 3.57. The molecule has 12 heavy (non-hydrogen) atoms. The first-order valence-corrected chi connectivity index (χ1v) is 7.79. The van der Waals surface area contributed by atoms with Crippen molar-refractivity contribution < 1.29 is 0 Å². The summed E-state index contributed by atoms with van der Waals surface area (Å²) in [5.74, 6) is 0. The lowest BCUT2D eigenvalue weighted by atomic mass is 10.4. The third kappa shape index (κ3) is 2.48. The fourth-order valence-electron chi connectivity index (χ4n) is 0.941. The molecular formula is C9H11PS2. The molecule has 0 aromatic heterocycles. The van der Waals surface area contributed by atoms with Crippen LogP contribution in [0.4, 0.5) is 0 Å². The number of hydrogen-bond acceptors (Lipinski definition) is 1. The molecule has 1 aromatic rings. The van der Waals surface area contributed by atoms with Crippen LogP contribution in [0.3, 0.4) is 0 Å². The van der Waals surface area contributed by atoms with E-state index in [-0.39, 0.29) is 0 Å². The number of allylic oxidation sites excluding steroid dienone is 1. The Morgan fingerprint density at radius 1 is 1.42 bits per heavy atom. The second-order valence-corrected chi connectivity index (χ2v) is 9.52. The van der Waals surface area contributed by atoms with Crippen LogP contribution in [0.2, 0.25) is 0 Å². The lowest BCUT2D eigenvalue weighted by Crippen LogP contribution is -2.00. The maximum Gasteiger partial charge on any atom is 0.0344 e. The zero-order valence-corrected chi connectivity index (χ0v) is 9.29. The summed E-state index contributed by atoms with van der Waals surface area (Å²) in [7, 11) is 0. The van der Waals surface area contributed by atoms with Crippen LogP contribution in [0, 0.1) is 0 Å². The van der Waals surface area contributed by atoms with Gasteiger partial charge in [0.2, 0.25) is 0 Å². The van der Waals surface area contributed by atoms with E-state index in [1.54, 1.807) is 0 Å². The van der Waals surface area contributed by atoms with Crippen molar-refractivity contribution in [1.29, 1.82) is 0 Å². The summed E-state index contributed by atoms with van der Waals surface area (Å²) in [6.45, 7) is 3.68. The molecule has 3 heteroatoms. The highest BCUT2D eigenvalue weighted by atomic mass is 32.9. The molecule has 1 unspecified atom stereocenters. The van der Waals surface area contributed by atoms with Crippen LogP contribution in [0.15, 0.2) is 43.0 Å². The Balaban J connectivity index is 2.98. The smallest absolute Gasteiger partial charge is 0.0344 e. The van der Waals surface area contributed by atoms with Crippen LogP contribution in [0.25, 0.3) is 0 Å². The number of benzene rings is 1. The van der Waals surface area contributed by atoms with E-state index in [1.165, 1.54) is 5.30 Å². The molecule has 0 nitrogen and oxygen atoms in total.